The first kappa shape index (κ1) is 11.2. The van der Waals surface area contributed by atoms with Crippen molar-refractivity contribution in [1.82, 2.24) is 14.7 Å². The summed E-state index contributed by atoms with van der Waals surface area (Å²) in [5, 5.41) is 4.44. The lowest BCUT2D eigenvalue weighted by Crippen LogP contribution is -2.47. The molecule has 2 aliphatic rings. The minimum absolute atomic E-state index is 0.459. The number of likely N-dealkylation sites (tertiary alicyclic amines) is 1. The van der Waals surface area contributed by atoms with Crippen LogP contribution in [0.5, 0.6) is 0 Å². The summed E-state index contributed by atoms with van der Waals surface area (Å²) in [6.07, 6.45) is 3.19. The molecule has 1 aromatic rings. The van der Waals surface area contributed by atoms with Crippen LogP contribution in [0, 0.1) is 0 Å². The molecule has 0 spiro atoms. The summed E-state index contributed by atoms with van der Waals surface area (Å²) >= 11 is 0. The first-order valence-electron chi connectivity index (χ1n) is 6.61. The maximum atomic E-state index is 5.28. The van der Waals surface area contributed by atoms with Crippen LogP contribution < -0.4 is 0 Å². The van der Waals surface area contributed by atoms with E-state index in [1.807, 2.05) is 6.20 Å². The van der Waals surface area contributed by atoms with Gasteiger partial charge < -0.3 is 4.74 Å². The Bertz CT molecular complexity index is 384. The van der Waals surface area contributed by atoms with Crippen molar-refractivity contribution < 1.29 is 4.74 Å². The highest BCUT2D eigenvalue weighted by Gasteiger charge is 2.34. The molecule has 2 aliphatic heterocycles. The monoisotopic (exact) mass is 235 g/mol. The molecule has 0 saturated carbocycles. The van der Waals surface area contributed by atoms with Gasteiger partial charge in [-0.05, 0) is 32.9 Å². The van der Waals surface area contributed by atoms with Crippen molar-refractivity contribution in [1.29, 1.82) is 0 Å². The molecule has 1 atom stereocenters. The molecule has 4 nitrogen and oxygen atoms in total. The predicted molar refractivity (Wildman–Crippen MR) is 66.2 cm³/mol. The highest BCUT2D eigenvalue weighted by molar-refractivity contribution is 5.12. The molecule has 0 aromatic carbocycles. The summed E-state index contributed by atoms with van der Waals surface area (Å²) in [6.45, 7) is 8.63. The second kappa shape index (κ2) is 4.42. The lowest BCUT2D eigenvalue weighted by Gasteiger charge is -2.34. The maximum Gasteiger partial charge on any atom is 0.0645 e. The third-order valence-electron chi connectivity index (χ3n) is 3.96. The molecule has 94 valence electrons. The van der Waals surface area contributed by atoms with Crippen LogP contribution in [0.2, 0.25) is 0 Å². The zero-order chi connectivity index (χ0) is 11.8. The molecule has 0 amide bonds. The summed E-state index contributed by atoms with van der Waals surface area (Å²) in [6, 6.07) is 3.32. The van der Waals surface area contributed by atoms with Crippen LogP contribution in [0.4, 0.5) is 0 Å². The number of hydrogen-bond donors (Lipinski definition) is 0. The SMILES string of the molecule is CC(C)n1nccc1C1CCN(C2COC2)C1. The molecule has 0 N–H and O–H groups in total. The number of rotatable bonds is 3. The van der Waals surface area contributed by atoms with E-state index in [0.717, 1.165) is 13.2 Å². The van der Waals surface area contributed by atoms with Crippen molar-refractivity contribution in [3.63, 3.8) is 0 Å². The van der Waals surface area contributed by atoms with E-state index in [1.54, 1.807) is 0 Å². The van der Waals surface area contributed by atoms with Gasteiger partial charge in [-0.25, -0.2) is 0 Å². The average molecular weight is 235 g/mol. The largest absolute Gasteiger partial charge is 0.378 e. The van der Waals surface area contributed by atoms with Crippen molar-refractivity contribution in [3.8, 4) is 0 Å². The van der Waals surface area contributed by atoms with E-state index < -0.39 is 0 Å². The predicted octanol–water partition coefficient (Wildman–Crippen LogP) is 1.65. The molecular formula is C13H21N3O. The minimum Gasteiger partial charge on any atom is -0.378 e. The van der Waals surface area contributed by atoms with Crippen LogP contribution in [0.15, 0.2) is 12.3 Å². The Morgan fingerprint density at radius 1 is 1.41 bits per heavy atom. The van der Waals surface area contributed by atoms with Gasteiger partial charge in [-0.15, -0.1) is 0 Å². The first-order chi connectivity index (χ1) is 8.25. The number of hydrogen-bond acceptors (Lipinski definition) is 3. The van der Waals surface area contributed by atoms with Crippen molar-refractivity contribution >= 4 is 0 Å². The Hall–Kier alpha value is -0.870. The van der Waals surface area contributed by atoms with Crippen LogP contribution in [-0.2, 0) is 4.74 Å². The number of nitrogens with zero attached hydrogens (tertiary/aromatic N) is 3. The topological polar surface area (TPSA) is 30.3 Å². The first-order valence-corrected chi connectivity index (χ1v) is 6.61. The van der Waals surface area contributed by atoms with Crippen LogP contribution in [0.1, 0.15) is 37.9 Å². The summed E-state index contributed by atoms with van der Waals surface area (Å²) < 4.78 is 7.45. The zero-order valence-corrected chi connectivity index (χ0v) is 10.7. The molecule has 1 unspecified atom stereocenters. The normalized spacial score (nSPS) is 26.6. The second-order valence-corrected chi connectivity index (χ2v) is 5.47. The maximum absolute atomic E-state index is 5.28. The Kier molecular flexibility index (Phi) is 2.92. The van der Waals surface area contributed by atoms with Crippen LogP contribution in [0.25, 0.3) is 0 Å². The van der Waals surface area contributed by atoms with Gasteiger partial charge in [0.15, 0.2) is 0 Å². The zero-order valence-electron chi connectivity index (χ0n) is 10.7. The minimum atomic E-state index is 0.459. The van der Waals surface area contributed by atoms with E-state index in [4.69, 9.17) is 4.74 Å². The van der Waals surface area contributed by atoms with E-state index in [9.17, 15) is 0 Å². The highest BCUT2D eigenvalue weighted by Crippen LogP contribution is 2.30. The third-order valence-corrected chi connectivity index (χ3v) is 3.96. The van der Waals surface area contributed by atoms with Gasteiger partial charge in [0, 0.05) is 30.4 Å². The molecule has 4 heteroatoms. The molecule has 0 aliphatic carbocycles. The van der Waals surface area contributed by atoms with Gasteiger partial charge in [-0.2, -0.15) is 5.10 Å². The van der Waals surface area contributed by atoms with Crippen LogP contribution >= 0.6 is 0 Å². The van der Waals surface area contributed by atoms with Crippen molar-refractivity contribution in [3.05, 3.63) is 18.0 Å². The summed E-state index contributed by atoms with van der Waals surface area (Å²) in [7, 11) is 0. The van der Waals surface area contributed by atoms with Gasteiger partial charge in [0.1, 0.15) is 0 Å². The number of aromatic nitrogens is 2. The standard InChI is InChI=1S/C13H21N3O/c1-10(2)16-13(3-5-14-16)11-4-6-15(7-11)12-8-17-9-12/h3,5,10-12H,4,6-9H2,1-2H3. The fourth-order valence-corrected chi connectivity index (χ4v) is 2.87. The Morgan fingerprint density at radius 3 is 2.88 bits per heavy atom. The fourth-order valence-electron chi connectivity index (χ4n) is 2.87. The average Bonchev–Trinajstić information content (AvgIpc) is 2.79. The summed E-state index contributed by atoms with van der Waals surface area (Å²) in [4.78, 5) is 2.58. The van der Waals surface area contributed by atoms with E-state index >= 15 is 0 Å². The fraction of sp³-hybridized carbons (Fsp3) is 0.769. The van der Waals surface area contributed by atoms with Gasteiger partial charge in [-0.1, -0.05) is 0 Å². The molecule has 3 rings (SSSR count). The van der Waals surface area contributed by atoms with E-state index in [2.05, 4.69) is 34.6 Å². The molecular weight excluding hydrogens is 214 g/mol. The van der Waals surface area contributed by atoms with E-state index in [-0.39, 0.29) is 0 Å². The molecule has 17 heavy (non-hydrogen) atoms. The highest BCUT2D eigenvalue weighted by atomic mass is 16.5. The van der Waals surface area contributed by atoms with Crippen molar-refractivity contribution in [2.24, 2.45) is 0 Å². The van der Waals surface area contributed by atoms with Gasteiger partial charge in [-0.3, -0.25) is 9.58 Å². The van der Waals surface area contributed by atoms with Crippen molar-refractivity contribution in [2.75, 3.05) is 26.3 Å². The Labute approximate surface area is 103 Å². The number of ether oxygens (including phenoxy) is 1. The molecule has 0 bridgehead atoms. The Balaban J connectivity index is 1.70. The van der Waals surface area contributed by atoms with E-state index in [0.29, 0.717) is 18.0 Å². The quantitative estimate of drug-likeness (QED) is 0.798. The van der Waals surface area contributed by atoms with Gasteiger partial charge in [0.25, 0.3) is 0 Å². The summed E-state index contributed by atoms with van der Waals surface area (Å²) in [5.41, 5.74) is 1.41. The molecule has 0 radical (unpaired) electrons. The smallest absolute Gasteiger partial charge is 0.0645 e. The lowest BCUT2D eigenvalue weighted by atomic mass is 10.0. The second-order valence-electron chi connectivity index (χ2n) is 5.47. The van der Waals surface area contributed by atoms with Crippen LogP contribution in [-0.4, -0.2) is 47.0 Å². The lowest BCUT2D eigenvalue weighted by molar-refractivity contribution is -0.0573. The molecule has 2 fully saturated rings. The summed E-state index contributed by atoms with van der Waals surface area (Å²) in [5.74, 6) is 0.653. The molecule has 2 saturated heterocycles. The van der Waals surface area contributed by atoms with Gasteiger partial charge >= 0.3 is 0 Å². The molecule has 1 aromatic heterocycles. The van der Waals surface area contributed by atoms with Crippen molar-refractivity contribution in [2.45, 2.75) is 38.3 Å². The van der Waals surface area contributed by atoms with E-state index in [1.165, 1.54) is 25.2 Å². The van der Waals surface area contributed by atoms with Gasteiger partial charge in [0.05, 0.1) is 19.3 Å². The third kappa shape index (κ3) is 2.00. The van der Waals surface area contributed by atoms with Crippen LogP contribution in [0.3, 0.4) is 0 Å². The van der Waals surface area contributed by atoms with Gasteiger partial charge in [0.2, 0.25) is 0 Å². The molecule has 3 heterocycles. The Morgan fingerprint density at radius 2 is 2.24 bits per heavy atom.